The van der Waals surface area contributed by atoms with E-state index in [0.29, 0.717) is 12.2 Å². The van der Waals surface area contributed by atoms with Crippen LogP contribution in [0.15, 0.2) is 30.5 Å². The fraction of sp³-hybridized carbons (Fsp3) is 0.273. The van der Waals surface area contributed by atoms with Crippen LogP contribution in [0.2, 0.25) is 0 Å². The molecule has 0 saturated heterocycles. The molecule has 0 bridgehead atoms. The number of hydrogen-bond acceptors (Lipinski definition) is 4. The zero-order valence-corrected chi connectivity index (χ0v) is 9.98. The van der Waals surface area contributed by atoms with Crippen molar-refractivity contribution < 1.29 is 17.9 Å². The van der Waals surface area contributed by atoms with Gasteiger partial charge in [-0.3, -0.25) is 0 Å². The molecule has 19 heavy (non-hydrogen) atoms. The molecular weight excluding hydrogens is 261 g/mol. The van der Waals surface area contributed by atoms with Crippen molar-refractivity contribution in [1.29, 1.82) is 0 Å². The first kappa shape index (κ1) is 13.3. The molecule has 8 heteroatoms. The molecule has 0 saturated carbocycles. The number of hydrogen-bond donors (Lipinski definition) is 1. The molecule has 2 rings (SSSR count). The molecule has 5 nitrogen and oxygen atoms in total. The number of ether oxygens (including phenoxy) is 1. The van der Waals surface area contributed by atoms with Crippen LogP contribution in [-0.4, -0.2) is 28.4 Å². The molecule has 0 amide bonds. The molecule has 0 unspecified atom stereocenters. The van der Waals surface area contributed by atoms with Gasteiger partial charge in [-0.1, -0.05) is 5.21 Å². The number of rotatable bonds is 4. The minimum Gasteiger partial charge on any atom is -0.406 e. The van der Waals surface area contributed by atoms with Gasteiger partial charge in [0.05, 0.1) is 17.6 Å². The Hall–Kier alpha value is -2.09. The van der Waals surface area contributed by atoms with Crippen molar-refractivity contribution in [1.82, 2.24) is 20.3 Å². The highest BCUT2D eigenvalue weighted by atomic mass is 19.4. The van der Waals surface area contributed by atoms with Crippen LogP contribution in [0.4, 0.5) is 13.2 Å². The number of benzene rings is 1. The number of aromatic nitrogens is 3. The molecule has 2 aromatic rings. The predicted molar refractivity (Wildman–Crippen MR) is 60.8 cm³/mol. The molecule has 0 fully saturated rings. The molecule has 0 spiro atoms. The summed E-state index contributed by atoms with van der Waals surface area (Å²) in [5.74, 6) is -0.272. The van der Waals surface area contributed by atoms with Gasteiger partial charge in [0.1, 0.15) is 5.75 Å². The molecule has 1 aromatic heterocycles. The fourth-order valence-electron chi connectivity index (χ4n) is 1.56. The van der Waals surface area contributed by atoms with Crippen LogP contribution in [0.1, 0.15) is 5.69 Å². The first-order chi connectivity index (χ1) is 8.99. The lowest BCUT2D eigenvalue weighted by Gasteiger charge is -2.10. The van der Waals surface area contributed by atoms with E-state index in [9.17, 15) is 13.2 Å². The highest BCUT2D eigenvalue weighted by molar-refractivity contribution is 5.37. The second-order valence-electron chi connectivity index (χ2n) is 3.71. The van der Waals surface area contributed by atoms with Gasteiger partial charge in [0.2, 0.25) is 0 Å². The van der Waals surface area contributed by atoms with Gasteiger partial charge in [-0.2, -0.15) is 0 Å². The molecule has 0 atom stereocenters. The molecule has 1 N–H and O–H groups in total. The van der Waals surface area contributed by atoms with E-state index in [1.807, 2.05) is 0 Å². The Kier molecular flexibility index (Phi) is 3.70. The van der Waals surface area contributed by atoms with Crippen LogP contribution in [-0.2, 0) is 6.54 Å². The van der Waals surface area contributed by atoms with Crippen molar-refractivity contribution in [2.24, 2.45) is 0 Å². The van der Waals surface area contributed by atoms with Gasteiger partial charge in [0.25, 0.3) is 0 Å². The minimum atomic E-state index is -4.69. The smallest absolute Gasteiger partial charge is 0.406 e. The Bertz CT molecular complexity index is 536. The third kappa shape index (κ3) is 3.44. The Morgan fingerprint density at radius 2 is 1.95 bits per heavy atom. The third-order valence-electron chi connectivity index (χ3n) is 2.29. The molecule has 102 valence electrons. The van der Waals surface area contributed by atoms with E-state index in [2.05, 4.69) is 20.4 Å². The zero-order valence-electron chi connectivity index (χ0n) is 9.98. The van der Waals surface area contributed by atoms with E-state index in [1.54, 1.807) is 13.2 Å². The molecule has 0 aliphatic heterocycles. The van der Waals surface area contributed by atoms with Crippen molar-refractivity contribution in [2.45, 2.75) is 12.9 Å². The van der Waals surface area contributed by atoms with Gasteiger partial charge < -0.3 is 10.1 Å². The van der Waals surface area contributed by atoms with Gasteiger partial charge in [-0.15, -0.1) is 18.3 Å². The molecule has 0 aliphatic rings. The van der Waals surface area contributed by atoms with Crippen LogP contribution >= 0.6 is 0 Å². The van der Waals surface area contributed by atoms with E-state index < -0.39 is 6.36 Å². The van der Waals surface area contributed by atoms with E-state index in [1.165, 1.54) is 28.9 Å². The lowest BCUT2D eigenvalue weighted by atomic mass is 10.3. The van der Waals surface area contributed by atoms with Crippen LogP contribution in [0.25, 0.3) is 5.69 Å². The van der Waals surface area contributed by atoms with Crippen LogP contribution in [0, 0.1) is 0 Å². The Balaban J connectivity index is 2.20. The summed E-state index contributed by atoms with van der Waals surface area (Å²) in [4.78, 5) is 0. The highest BCUT2D eigenvalue weighted by Crippen LogP contribution is 2.23. The van der Waals surface area contributed by atoms with Crippen molar-refractivity contribution in [3.8, 4) is 11.4 Å². The third-order valence-corrected chi connectivity index (χ3v) is 2.29. The summed E-state index contributed by atoms with van der Waals surface area (Å²) in [5.41, 5.74) is 1.41. The first-order valence-corrected chi connectivity index (χ1v) is 5.40. The van der Waals surface area contributed by atoms with E-state index in [4.69, 9.17) is 0 Å². The van der Waals surface area contributed by atoms with Gasteiger partial charge in [0, 0.05) is 6.54 Å². The summed E-state index contributed by atoms with van der Waals surface area (Å²) in [6, 6.07) is 5.42. The van der Waals surface area contributed by atoms with E-state index in [-0.39, 0.29) is 5.75 Å². The molecular formula is C11H11F3N4O. The standard InChI is InChI=1S/C11H11F3N4O/c1-15-6-9-7-16-17-18(9)8-2-4-10(5-3-8)19-11(12,13)14/h2-5,7,15H,6H2,1H3. The van der Waals surface area contributed by atoms with Crippen molar-refractivity contribution >= 4 is 0 Å². The molecule has 1 heterocycles. The predicted octanol–water partition coefficient (Wildman–Crippen LogP) is 1.89. The summed E-state index contributed by atoms with van der Waals surface area (Å²) in [6.07, 6.45) is -3.11. The highest BCUT2D eigenvalue weighted by Gasteiger charge is 2.30. The molecule has 0 radical (unpaired) electrons. The largest absolute Gasteiger partial charge is 0.573 e. The van der Waals surface area contributed by atoms with Crippen molar-refractivity contribution in [3.05, 3.63) is 36.2 Å². The maximum Gasteiger partial charge on any atom is 0.573 e. The van der Waals surface area contributed by atoms with Crippen molar-refractivity contribution in [3.63, 3.8) is 0 Å². The average molecular weight is 272 g/mol. The summed E-state index contributed by atoms with van der Waals surface area (Å²) in [7, 11) is 1.78. The van der Waals surface area contributed by atoms with E-state index >= 15 is 0 Å². The van der Waals surface area contributed by atoms with Crippen LogP contribution in [0.5, 0.6) is 5.75 Å². The Morgan fingerprint density at radius 3 is 2.53 bits per heavy atom. The number of nitrogens with one attached hydrogen (secondary N) is 1. The molecule has 0 aliphatic carbocycles. The number of alkyl halides is 3. The van der Waals surface area contributed by atoms with Crippen molar-refractivity contribution in [2.75, 3.05) is 7.05 Å². The molecule has 1 aromatic carbocycles. The SMILES string of the molecule is CNCc1cnnn1-c1ccc(OC(F)(F)F)cc1. The lowest BCUT2D eigenvalue weighted by Crippen LogP contribution is -2.17. The summed E-state index contributed by atoms with van der Waals surface area (Å²) >= 11 is 0. The summed E-state index contributed by atoms with van der Waals surface area (Å²) < 4.78 is 41.4. The Morgan fingerprint density at radius 1 is 1.26 bits per heavy atom. The average Bonchev–Trinajstić information content (AvgIpc) is 2.77. The summed E-state index contributed by atoms with van der Waals surface area (Å²) in [5, 5.41) is 10.6. The Labute approximate surface area is 107 Å². The zero-order chi connectivity index (χ0) is 13.9. The fourth-order valence-corrected chi connectivity index (χ4v) is 1.56. The lowest BCUT2D eigenvalue weighted by molar-refractivity contribution is -0.274. The summed E-state index contributed by atoms with van der Waals surface area (Å²) in [6.45, 7) is 0.549. The quantitative estimate of drug-likeness (QED) is 0.923. The monoisotopic (exact) mass is 272 g/mol. The maximum absolute atomic E-state index is 12.0. The van der Waals surface area contributed by atoms with Gasteiger partial charge >= 0.3 is 6.36 Å². The van der Waals surface area contributed by atoms with Gasteiger partial charge in [-0.25, -0.2) is 4.68 Å². The first-order valence-electron chi connectivity index (χ1n) is 5.40. The van der Waals surface area contributed by atoms with Crippen LogP contribution < -0.4 is 10.1 Å². The normalized spacial score (nSPS) is 11.6. The number of halogens is 3. The maximum atomic E-state index is 12.0. The second-order valence-corrected chi connectivity index (χ2v) is 3.71. The van der Waals surface area contributed by atoms with Gasteiger partial charge in [-0.05, 0) is 31.3 Å². The topological polar surface area (TPSA) is 52.0 Å². The second kappa shape index (κ2) is 5.27. The van der Waals surface area contributed by atoms with Crippen LogP contribution in [0.3, 0.4) is 0 Å². The van der Waals surface area contributed by atoms with Gasteiger partial charge in [0.15, 0.2) is 0 Å². The minimum absolute atomic E-state index is 0.272. The van der Waals surface area contributed by atoms with E-state index in [0.717, 1.165) is 5.69 Å². The number of nitrogens with zero attached hydrogens (tertiary/aromatic N) is 3.